The summed E-state index contributed by atoms with van der Waals surface area (Å²) in [7, 11) is 2.03. The number of hydrogen-bond donors (Lipinski definition) is 1. The van der Waals surface area contributed by atoms with Crippen molar-refractivity contribution in [3.05, 3.63) is 46.5 Å². The molecule has 2 heteroatoms. The van der Waals surface area contributed by atoms with Gasteiger partial charge in [0.25, 0.3) is 0 Å². The molecule has 0 aromatic heterocycles. The van der Waals surface area contributed by atoms with E-state index in [-0.39, 0.29) is 0 Å². The lowest BCUT2D eigenvalue weighted by atomic mass is 9.91. The molecule has 0 radical (unpaired) electrons. The lowest BCUT2D eigenvalue weighted by Gasteiger charge is -2.22. The topological polar surface area (TPSA) is 12.0 Å². The van der Waals surface area contributed by atoms with Crippen LogP contribution in [0.4, 0.5) is 0 Å². The first-order chi connectivity index (χ1) is 8.81. The maximum absolute atomic E-state index is 6.10. The third-order valence-corrected chi connectivity index (χ3v) is 3.90. The Hall–Kier alpha value is -0.790. The molecule has 1 unspecified atom stereocenters. The van der Waals surface area contributed by atoms with Crippen molar-refractivity contribution in [1.29, 1.82) is 0 Å². The van der Waals surface area contributed by atoms with Crippen LogP contribution in [0.15, 0.2) is 35.9 Å². The van der Waals surface area contributed by atoms with Crippen molar-refractivity contribution in [2.24, 2.45) is 0 Å². The highest BCUT2D eigenvalue weighted by atomic mass is 35.5. The van der Waals surface area contributed by atoms with Gasteiger partial charge in [0.05, 0.1) is 6.04 Å². The van der Waals surface area contributed by atoms with E-state index in [4.69, 9.17) is 11.6 Å². The van der Waals surface area contributed by atoms with E-state index in [1.807, 2.05) is 19.2 Å². The van der Waals surface area contributed by atoms with Crippen molar-refractivity contribution < 1.29 is 0 Å². The number of benzene rings is 1. The highest BCUT2D eigenvalue weighted by Gasteiger charge is 2.15. The van der Waals surface area contributed by atoms with Crippen LogP contribution in [0.5, 0.6) is 0 Å². The van der Waals surface area contributed by atoms with E-state index >= 15 is 0 Å². The molecule has 1 atom stereocenters. The maximum atomic E-state index is 6.10. The maximum Gasteiger partial charge on any atom is 0.0534 e. The largest absolute Gasteiger partial charge is 0.310 e. The monoisotopic (exact) mass is 263 g/mol. The number of nitrogens with one attached hydrogen (secondary N) is 1. The van der Waals surface area contributed by atoms with Crippen LogP contribution < -0.4 is 5.32 Å². The van der Waals surface area contributed by atoms with E-state index in [2.05, 4.69) is 23.5 Å². The van der Waals surface area contributed by atoms with Crippen molar-refractivity contribution in [3.8, 4) is 0 Å². The summed E-state index contributed by atoms with van der Waals surface area (Å²) >= 11 is 6.10. The van der Waals surface area contributed by atoms with Crippen LogP contribution >= 0.6 is 11.6 Å². The molecule has 1 aliphatic carbocycles. The summed E-state index contributed by atoms with van der Waals surface area (Å²) in [6.07, 6.45) is 10.2. The van der Waals surface area contributed by atoms with Gasteiger partial charge in [0.1, 0.15) is 0 Å². The molecule has 1 nitrogen and oxygen atoms in total. The first-order valence-corrected chi connectivity index (χ1v) is 7.30. The quantitative estimate of drug-likeness (QED) is 0.767. The number of likely N-dealkylation sites (N-methyl/N-ethyl adjacent to an activating group) is 1. The molecule has 2 rings (SSSR count). The molecule has 0 fully saturated rings. The van der Waals surface area contributed by atoms with Crippen LogP contribution in [0.25, 0.3) is 0 Å². The first kappa shape index (κ1) is 13.6. The SMILES string of the molecule is CNC(/C1=C/CCCCCC1)c1cccc(Cl)c1. The lowest BCUT2D eigenvalue weighted by molar-refractivity contribution is 0.574. The molecule has 0 aliphatic heterocycles. The summed E-state index contributed by atoms with van der Waals surface area (Å²) < 4.78 is 0. The Morgan fingerprint density at radius 2 is 2.00 bits per heavy atom. The van der Waals surface area contributed by atoms with Gasteiger partial charge in [-0.25, -0.2) is 0 Å². The summed E-state index contributed by atoms with van der Waals surface area (Å²) in [5, 5.41) is 4.26. The third kappa shape index (κ3) is 3.60. The molecule has 0 bridgehead atoms. The summed E-state index contributed by atoms with van der Waals surface area (Å²) in [6.45, 7) is 0. The van der Waals surface area contributed by atoms with Crippen LogP contribution in [-0.4, -0.2) is 7.05 Å². The minimum absolute atomic E-state index is 0.321. The van der Waals surface area contributed by atoms with Crippen molar-refractivity contribution in [2.45, 2.75) is 44.6 Å². The molecule has 0 amide bonds. The van der Waals surface area contributed by atoms with Gasteiger partial charge in [-0.3, -0.25) is 0 Å². The van der Waals surface area contributed by atoms with E-state index in [1.165, 1.54) is 49.7 Å². The Bertz CT molecular complexity index is 411. The summed E-state index contributed by atoms with van der Waals surface area (Å²) in [6, 6.07) is 8.52. The fraction of sp³-hybridized carbons (Fsp3) is 0.500. The van der Waals surface area contributed by atoms with Gasteiger partial charge >= 0.3 is 0 Å². The zero-order valence-corrected chi connectivity index (χ0v) is 11.8. The van der Waals surface area contributed by atoms with E-state index in [1.54, 1.807) is 0 Å². The average Bonchev–Trinajstić information content (AvgIpc) is 2.32. The van der Waals surface area contributed by atoms with Crippen LogP contribution in [-0.2, 0) is 0 Å². The summed E-state index contributed by atoms with van der Waals surface area (Å²) in [5.41, 5.74) is 2.80. The molecular weight excluding hydrogens is 242 g/mol. The standard InChI is InChI=1S/C16H22ClN/c1-18-16(14-10-7-11-15(17)12-14)13-8-5-3-2-4-6-9-13/h7-8,10-12,16,18H,2-6,9H2,1H3/b13-8+. The van der Waals surface area contributed by atoms with E-state index in [0.29, 0.717) is 6.04 Å². The van der Waals surface area contributed by atoms with Crippen molar-refractivity contribution in [3.63, 3.8) is 0 Å². The lowest BCUT2D eigenvalue weighted by Crippen LogP contribution is -2.19. The van der Waals surface area contributed by atoms with Gasteiger partial charge in [-0.05, 0) is 50.4 Å². The zero-order chi connectivity index (χ0) is 12.8. The van der Waals surface area contributed by atoms with Gasteiger partial charge in [-0.1, -0.05) is 48.2 Å². The van der Waals surface area contributed by atoms with Crippen molar-refractivity contribution in [1.82, 2.24) is 5.32 Å². The molecule has 0 heterocycles. The van der Waals surface area contributed by atoms with Gasteiger partial charge in [-0.2, -0.15) is 0 Å². The second-order valence-electron chi connectivity index (χ2n) is 5.01. The number of rotatable bonds is 3. The average molecular weight is 264 g/mol. The minimum atomic E-state index is 0.321. The Labute approximate surface area is 115 Å². The molecular formula is C16H22ClN. The van der Waals surface area contributed by atoms with Gasteiger partial charge in [0.2, 0.25) is 0 Å². The summed E-state index contributed by atoms with van der Waals surface area (Å²) in [5.74, 6) is 0. The van der Waals surface area contributed by atoms with Crippen LogP contribution in [0.3, 0.4) is 0 Å². The van der Waals surface area contributed by atoms with E-state index < -0.39 is 0 Å². The Kier molecular flexibility index (Phi) is 5.27. The Morgan fingerprint density at radius 1 is 1.17 bits per heavy atom. The van der Waals surface area contributed by atoms with E-state index in [9.17, 15) is 0 Å². The first-order valence-electron chi connectivity index (χ1n) is 6.93. The Morgan fingerprint density at radius 3 is 2.78 bits per heavy atom. The molecule has 0 saturated carbocycles. The van der Waals surface area contributed by atoms with Gasteiger partial charge in [0, 0.05) is 5.02 Å². The number of hydrogen-bond acceptors (Lipinski definition) is 1. The minimum Gasteiger partial charge on any atom is -0.310 e. The van der Waals surface area contributed by atoms with Gasteiger partial charge < -0.3 is 5.32 Å². The second kappa shape index (κ2) is 6.96. The predicted octanol–water partition coefficient (Wildman–Crippen LogP) is 4.88. The second-order valence-corrected chi connectivity index (χ2v) is 5.45. The molecule has 0 saturated heterocycles. The van der Waals surface area contributed by atoms with Gasteiger partial charge in [-0.15, -0.1) is 0 Å². The molecule has 1 aromatic carbocycles. The smallest absolute Gasteiger partial charge is 0.0534 e. The molecule has 1 N–H and O–H groups in total. The van der Waals surface area contributed by atoms with Crippen LogP contribution in [0.1, 0.15) is 50.1 Å². The summed E-state index contributed by atoms with van der Waals surface area (Å²) in [4.78, 5) is 0. The fourth-order valence-corrected chi connectivity index (χ4v) is 2.93. The molecule has 1 aromatic rings. The zero-order valence-electron chi connectivity index (χ0n) is 11.1. The molecule has 1 aliphatic rings. The number of halogens is 1. The normalized spacial score (nSPS) is 21.6. The fourth-order valence-electron chi connectivity index (χ4n) is 2.73. The molecule has 18 heavy (non-hydrogen) atoms. The van der Waals surface area contributed by atoms with Gasteiger partial charge in [0.15, 0.2) is 0 Å². The Balaban J connectivity index is 2.21. The van der Waals surface area contributed by atoms with E-state index in [0.717, 1.165) is 5.02 Å². The third-order valence-electron chi connectivity index (χ3n) is 3.67. The highest BCUT2D eigenvalue weighted by Crippen LogP contribution is 2.29. The number of allylic oxidation sites excluding steroid dienone is 1. The molecule has 0 spiro atoms. The highest BCUT2D eigenvalue weighted by molar-refractivity contribution is 6.30. The molecule has 98 valence electrons. The van der Waals surface area contributed by atoms with Crippen LogP contribution in [0.2, 0.25) is 5.02 Å². The van der Waals surface area contributed by atoms with Crippen molar-refractivity contribution >= 4 is 11.6 Å². The predicted molar refractivity (Wildman–Crippen MR) is 79.0 cm³/mol. The van der Waals surface area contributed by atoms with Crippen LogP contribution in [0, 0.1) is 0 Å². The van der Waals surface area contributed by atoms with Crippen molar-refractivity contribution in [2.75, 3.05) is 7.05 Å².